The zero-order valence-corrected chi connectivity index (χ0v) is 15.4. The van der Waals surface area contributed by atoms with Gasteiger partial charge in [0.05, 0.1) is 0 Å². The van der Waals surface area contributed by atoms with Crippen molar-refractivity contribution in [1.82, 2.24) is 15.1 Å². The van der Waals surface area contributed by atoms with Crippen LogP contribution in [0.25, 0.3) is 0 Å². The molecule has 130 valence electrons. The molecule has 1 N–H and O–H groups in total. The summed E-state index contributed by atoms with van der Waals surface area (Å²) in [6.07, 6.45) is 3.86. The van der Waals surface area contributed by atoms with Crippen LogP contribution in [0.4, 0.5) is 0 Å². The Hall–Kier alpha value is -1.40. The first-order valence-electron chi connectivity index (χ1n) is 8.69. The number of carbonyl (C=O) groups excluding carboxylic acids is 2. The molecule has 2 saturated heterocycles. The number of hydrogen-bond donors (Lipinski definition) is 1. The van der Waals surface area contributed by atoms with Crippen molar-refractivity contribution in [3.05, 3.63) is 34.3 Å². The van der Waals surface area contributed by atoms with Gasteiger partial charge in [-0.15, -0.1) is 0 Å². The van der Waals surface area contributed by atoms with Crippen molar-refractivity contribution >= 4 is 27.7 Å². The first-order chi connectivity index (χ1) is 11.6. The van der Waals surface area contributed by atoms with Crippen LogP contribution in [0.1, 0.15) is 36.0 Å². The minimum Gasteiger partial charge on any atom is -0.352 e. The zero-order valence-electron chi connectivity index (χ0n) is 13.8. The van der Waals surface area contributed by atoms with Gasteiger partial charge in [-0.1, -0.05) is 15.9 Å². The average Bonchev–Trinajstić information content (AvgIpc) is 2.92. The molecular formula is C18H24BrN3O2. The summed E-state index contributed by atoms with van der Waals surface area (Å²) in [5, 5.41) is 2.84. The second-order valence-corrected chi connectivity index (χ2v) is 7.45. The van der Waals surface area contributed by atoms with Gasteiger partial charge < -0.3 is 10.2 Å². The van der Waals surface area contributed by atoms with Crippen molar-refractivity contribution < 1.29 is 9.59 Å². The molecule has 0 radical (unpaired) electrons. The number of nitrogens with one attached hydrogen (secondary N) is 1. The van der Waals surface area contributed by atoms with Gasteiger partial charge >= 0.3 is 0 Å². The number of hydrogen-bond acceptors (Lipinski definition) is 3. The van der Waals surface area contributed by atoms with Gasteiger partial charge in [0, 0.05) is 48.7 Å². The van der Waals surface area contributed by atoms with Crippen LogP contribution in [-0.2, 0) is 4.79 Å². The fourth-order valence-electron chi connectivity index (χ4n) is 3.58. The van der Waals surface area contributed by atoms with E-state index in [9.17, 15) is 9.59 Å². The third-order valence-electron chi connectivity index (χ3n) is 4.89. The third kappa shape index (κ3) is 4.36. The summed E-state index contributed by atoms with van der Waals surface area (Å²) in [5.74, 6) is 0.0213. The van der Waals surface area contributed by atoms with E-state index in [0.29, 0.717) is 24.6 Å². The second kappa shape index (κ2) is 8.12. The topological polar surface area (TPSA) is 52.7 Å². The summed E-state index contributed by atoms with van der Waals surface area (Å²) in [6.45, 7) is 4.36. The molecule has 5 nitrogen and oxygen atoms in total. The Bertz CT molecular complexity index is 590. The molecule has 3 rings (SSSR count). The third-order valence-corrected chi connectivity index (χ3v) is 5.42. The van der Waals surface area contributed by atoms with Gasteiger partial charge in [-0.2, -0.15) is 0 Å². The lowest BCUT2D eigenvalue weighted by Gasteiger charge is -2.25. The first kappa shape index (κ1) is 17.4. The number of benzene rings is 1. The molecule has 1 aromatic rings. The number of rotatable bonds is 4. The molecule has 2 fully saturated rings. The molecule has 6 heteroatoms. The fraction of sp³-hybridized carbons (Fsp3) is 0.556. The Kier molecular flexibility index (Phi) is 5.89. The maximum atomic E-state index is 12.5. The fourth-order valence-corrected chi connectivity index (χ4v) is 3.84. The monoisotopic (exact) mass is 393 g/mol. The summed E-state index contributed by atoms with van der Waals surface area (Å²) >= 11 is 3.35. The molecule has 1 aromatic carbocycles. The van der Waals surface area contributed by atoms with Crippen molar-refractivity contribution in [2.45, 2.75) is 31.7 Å². The van der Waals surface area contributed by atoms with Crippen LogP contribution in [0.2, 0.25) is 0 Å². The second-order valence-electron chi connectivity index (χ2n) is 6.54. The van der Waals surface area contributed by atoms with Gasteiger partial charge in [0.25, 0.3) is 5.91 Å². The molecule has 0 aliphatic carbocycles. The maximum Gasteiger partial charge on any atom is 0.251 e. The smallest absolute Gasteiger partial charge is 0.251 e. The number of amides is 2. The quantitative estimate of drug-likeness (QED) is 0.853. The zero-order chi connectivity index (χ0) is 16.9. The Morgan fingerprint density at radius 3 is 2.67 bits per heavy atom. The van der Waals surface area contributed by atoms with E-state index in [1.54, 1.807) is 12.1 Å². The van der Waals surface area contributed by atoms with Gasteiger partial charge in [-0.25, -0.2) is 0 Å². The molecule has 24 heavy (non-hydrogen) atoms. The van der Waals surface area contributed by atoms with Crippen LogP contribution in [0, 0.1) is 0 Å². The van der Waals surface area contributed by atoms with E-state index < -0.39 is 0 Å². The van der Waals surface area contributed by atoms with Gasteiger partial charge in [0.15, 0.2) is 0 Å². The molecular weight excluding hydrogens is 370 g/mol. The minimum atomic E-state index is -0.131. The van der Waals surface area contributed by atoms with Crippen molar-refractivity contribution in [3.8, 4) is 0 Å². The highest BCUT2D eigenvalue weighted by Crippen LogP contribution is 2.21. The van der Waals surface area contributed by atoms with Crippen LogP contribution in [-0.4, -0.2) is 60.4 Å². The molecule has 1 unspecified atom stereocenters. The standard InChI is InChI=1S/C18H24BrN3O2/c19-15-6-4-14(5-7-15)18(24)20-9-8-17(23)22-12-2-11-21-10-1-3-16(21)13-22/h4-7,16H,1-3,8-13H2,(H,20,24). The summed E-state index contributed by atoms with van der Waals surface area (Å²) in [7, 11) is 0. The van der Waals surface area contributed by atoms with E-state index in [-0.39, 0.29) is 11.8 Å². The molecule has 2 heterocycles. The first-order valence-corrected chi connectivity index (χ1v) is 9.48. The van der Waals surface area contributed by atoms with Crippen molar-refractivity contribution in [3.63, 3.8) is 0 Å². The highest BCUT2D eigenvalue weighted by atomic mass is 79.9. The SMILES string of the molecule is O=C(NCCC(=O)N1CCCN2CCCC2C1)c1ccc(Br)cc1. The average molecular weight is 394 g/mol. The van der Waals surface area contributed by atoms with Crippen molar-refractivity contribution in [2.24, 2.45) is 0 Å². The largest absolute Gasteiger partial charge is 0.352 e. The van der Waals surface area contributed by atoms with Gasteiger partial charge in [-0.3, -0.25) is 14.5 Å². The van der Waals surface area contributed by atoms with Crippen LogP contribution in [0.15, 0.2) is 28.7 Å². The summed E-state index contributed by atoms with van der Waals surface area (Å²) < 4.78 is 0.941. The van der Waals surface area contributed by atoms with Gasteiger partial charge in [0.1, 0.15) is 0 Å². The van der Waals surface area contributed by atoms with E-state index in [1.807, 2.05) is 17.0 Å². The van der Waals surface area contributed by atoms with E-state index in [4.69, 9.17) is 0 Å². The van der Waals surface area contributed by atoms with E-state index >= 15 is 0 Å². The maximum absolute atomic E-state index is 12.5. The van der Waals surface area contributed by atoms with Crippen molar-refractivity contribution in [2.75, 3.05) is 32.7 Å². The number of fused-ring (bicyclic) bond motifs is 1. The lowest BCUT2D eigenvalue weighted by Crippen LogP contribution is -2.40. The van der Waals surface area contributed by atoms with Crippen LogP contribution < -0.4 is 5.32 Å². The molecule has 1 atom stereocenters. The predicted molar refractivity (Wildman–Crippen MR) is 96.9 cm³/mol. The van der Waals surface area contributed by atoms with Crippen molar-refractivity contribution in [1.29, 1.82) is 0 Å². The van der Waals surface area contributed by atoms with E-state index in [2.05, 4.69) is 26.1 Å². The summed E-state index contributed by atoms with van der Waals surface area (Å²) in [4.78, 5) is 29.0. The number of nitrogens with zero attached hydrogens (tertiary/aromatic N) is 2. The molecule has 0 spiro atoms. The Balaban J connectivity index is 1.45. The normalized spacial score (nSPS) is 21.2. The summed E-state index contributed by atoms with van der Waals surface area (Å²) in [5.41, 5.74) is 0.613. The lowest BCUT2D eigenvalue weighted by molar-refractivity contribution is -0.131. The van der Waals surface area contributed by atoms with Gasteiger partial charge in [-0.05, 0) is 50.1 Å². The van der Waals surface area contributed by atoms with Crippen LogP contribution in [0.5, 0.6) is 0 Å². The number of carbonyl (C=O) groups is 2. The van der Waals surface area contributed by atoms with Crippen LogP contribution in [0.3, 0.4) is 0 Å². The highest BCUT2D eigenvalue weighted by Gasteiger charge is 2.30. The minimum absolute atomic E-state index is 0.131. The van der Waals surface area contributed by atoms with Crippen LogP contribution >= 0.6 is 15.9 Å². The van der Waals surface area contributed by atoms with E-state index in [1.165, 1.54) is 19.4 Å². The Labute approximate surface area is 151 Å². The molecule has 2 aliphatic rings. The number of halogens is 1. The molecule has 2 aliphatic heterocycles. The summed E-state index contributed by atoms with van der Waals surface area (Å²) in [6, 6.07) is 7.75. The molecule has 2 amide bonds. The molecule has 0 aromatic heterocycles. The Morgan fingerprint density at radius 2 is 1.88 bits per heavy atom. The molecule has 0 bridgehead atoms. The lowest BCUT2D eigenvalue weighted by atomic mass is 10.2. The van der Waals surface area contributed by atoms with Gasteiger partial charge in [0.2, 0.25) is 5.91 Å². The predicted octanol–water partition coefficient (Wildman–Crippen LogP) is 2.27. The molecule has 0 saturated carbocycles. The highest BCUT2D eigenvalue weighted by molar-refractivity contribution is 9.10. The van der Waals surface area contributed by atoms with E-state index in [0.717, 1.165) is 30.5 Å². The Morgan fingerprint density at radius 1 is 1.12 bits per heavy atom.